The minimum atomic E-state index is -3.14. The monoisotopic (exact) mass is 350 g/mol. The molecule has 1 saturated heterocycles. The van der Waals surface area contributed by atoms with Gasteiger partial charge in [-0.05, 0) is 24.5 Å². The van der Waals surface area contributed by atoms with Crippen LogP contribution in [0.3, 0.4) is 0 Å². The van der Waals surface area contributed by atoms with Crippen LogP contribution in [-0.4, -0.2) is 36.6 Å². The maximum Gasteiger partial charge on any atom is 0.217 e. The lowest BCUT2D eigenvalue weighted by Gasteiger charge is -2.37. The summed E-state index contributed by atoms with van der Waals surface area (Å²) in [7, 11) is -3.14. The zero-order valence-electron chi connectivity index (χ0n) is 15.0. The van der Waals surface area contributed by atoms with Gasteiger partial charge in [-0.3, -0.25) is 4.90 Å². The van der Waals surface area contributed by atoms with Crippen LogP contribution in [0.4, 0.5) is 0 Å². The molecule has 5 heteroatoms. The molecule has 24 heavy (non-hydrogen) atoms. The standard InChI is InChI=1S/C19H30N2O2S/c1-3-4-5-6-7-8-11-21-15-20-13-17-10-9-16(2)12-18(17)19(20)14-24(21,22)23/h9-10,12,19H,3-8,11,13-15H2,1-2H3. The Hall–Kier alpha value is -0.910. The van der Waals surface area contributed by atoms with Gasteiger partial charge in [0.1, 0.15) is 0 Å². The van der Waals surface area contributed by atoms with Crippen LogP contribution < -0.4 is 0 Å². The molecule has 0 saturated carbocycles. The summed E-state index contributed by atoms with van der Waals surface area (Å²) in [6, 6.07) is 6.50. The van der Waals surface area contributed by atoms with Crippen molar-refractivity contribution >= 4 is 10.0 Å². The smallest absolute Gasteiger partial charge is 0.217 e. The van der Waals surface area contributed by atoms with Gasteiger partial charge in [0.15, 0.2) is 0 Å². The van der Waals surface area contributed by atoms with E-state index in [2.05, 4.69) is 36.9 Å². The first kappa shape index (κ1) is 17.9. The minimum absolute atomic E-state index is 0.0469. The van der Waals surface area contributed by atoms with Crippen molar-refractivity contribution in [2.45, 2.75) is 65.0 Å². The van der Waals surface area contributed by atoms with Crippen LogP contribution in [0, 0.1) is 6.92 Å². The largest absolute Gasteiger partial charge is 0.277 e. The number of unbranched alkanes of at least 4 members (excludes halogenated alkanes) is 5. The first-order valence-corrected chi connectivity index (χ1v) is 10.9. The molecule has 4 nitrogen and oxygen atoms in total. The van der Waals surface area contributed by atoms with Gasteiger partial charge in [-0.15, -0.1) is 0 Å². The summed E-state index contributed by atoms with van der Waals surface area (Å²) in [6.07, 6.45) is 7.14. The summed E-state index contributed by atoms with van der Waals surface area (Å²) in [6.45, 7) is 6.39. The molecular formula is C19H30N2O2S. The molecule has 0 spiro atoms. The Bertz CT molecular complexity index is 672. The van der Waals surface area contributed by atoms with Crippen LogP contribution >= 0.6 is 0 Å². The Labute approximate surface area is 146 Å². The van der Waals surface area contributed by atoms with Gasteiger partial charge in [0.25, 0.3) is 0 Å². The number of hydrogen-bond acceptors (Lipinski definition) is 3. The van der Waals surface area contributed by atoms with E-state index in [4.69, 9.17) is 0 Å². The Morgan fingerprint density at radius 3 is 2.67 bits per heavy atom. The van der Waals surface area contributed by atoms with Gasteiger partial charge >= 0.3 is 0 Å². The van der Waals surface area contributed by atoms with E-state index < -0.39 is 10.0 Å². The zero-order valence-corrected chi connectivity index (χ0v) is 15.8. The van der Waals surface area contributed by atoms with Gasteiger partial charge in [0.2, 0.25) is 10.0 Å². The maximum atomic E-state index is 12.7. The summed E-state index contributed by atoms with van der Waals surface area (Å²) in [5.41, 5.74) is 3.72. The number of fused-ring (bicyclic) bond motifs is 3. The zero-order chi connectivity index (χ0) is 17.2. The van der Waals surface area contributed by atoms with Crippen LogP contribution in [0.2, 0.25) is 0 Å². The molecule has 1 aromatic carbocycles. The number of aryl methyl sites for hydroxylation is 1. The van der Waals surface area contributed by atoms with Crippen molar-refractivity contribution in [3.05, 3.63) is 34.9 Å². The molecule has 3 rings (SSSR count). The van der Waals surface area contributed by atoms with E-state index in [0.29, 0.717) is 13.2 Å². The fourth-order valence-electron chi connectivity index (χ4n) is 3.91. The highest BCUT2D eigenvalue weighted by Crippen LogP contribution is 2.38. The minimum Gasteiger partial charge on any atom is -0.277 e. The molecule has 0 aromatic heterocycles. The third kappa shape index (κ3) is 3.84. The van der Waals surface area contributed by atoms with Gasteiger partial charge in [0.05, 0.1) is 18.5 Å². The Morgan fingerprint density at radius 2 is 1.88 bits per heavy atom. The van der Waals surface area contributed by atoms with Crippen molar-refractivity contribution in [3.63, 3.8) is 0 Å². The van der Waals surface area contributed by atoms with Gasteiger partial charge in [-0.2, -0.15) is 4.31 Å². The lowest BCUT2D eigenvalue weighted by Crippen LogP contribution is -2.49. The van der Waals surface area contributed by atoms with Gasteiger partial charge in [-0.1, -0.05) is 62.8 Å². The second-order valence-electron chi connectivity index (χ2n) is 7.33. The number of sulfonamides is 1. The molecule has 1 fully saturated rings. The van der Waals surface area contributed by atoms with E-state index in [1.807, 2.05) is 0 Å². The van der Waals surface area contributed by atoms with Crippen molar-refractivity contribution in [2.75, 3.05) is 19.0 Å². The molecule has 2 heterocycles. The van der Waals surface area contributed by atoms with Crippen LogP contribution in [0.1, 0.15) is 68.2 Å². The van der Waals surface area contributed by atoms with Gasteiger partial charge in [0, 0.05) is 13.1 Å². The van der Waals surface area contributed by atoms with Crippen molar-refractivity contribution in [1.82, 2.24) is 9.21 Å². The van der Waals surface area contributed by atoms with Crippen molar-refractivity contribution in [3.8, 4) is 0 Å². The number of nitrogens with zero attached hydrogens (tertiary/aromatic N) is 2. The summed E-state index contributed by atoms with van der Waals surface area (Å²) >= 11 is 0. The lowest BCUT2D eigenvalue weighted by atomic mass is 10.0. The maximum absolute atomic E-state index is 12.7. The van der Waals surface area contributed by atoms with E-state index in [0.717, 1.165) is 19.4 Å². The van der Waals surface area contributed by atoms with Gasteiger partial charge in [-0.25, -0.2) is 8.42 Å². The first-order valence-electron chi connectivity index (χ1n) is 9.32. The van der Waals surface area contributed by atoms with E-state index >= 15 is 0 Å². The molecule has 0 amide bonds. The summed E-state index contributed by atoms with van der Waals surface area (Å²) in [5, 5.41) is 0. The SMILES string of the molecule is CCCCCCCCN1CN2Cc3ccc(C)cc3C2CS1(=O)=O. The average molecular weight is 351 g/mol. The van der Waals surface area contributed by atoms with E-state index in [1.54, 1.807) is 4.31 Å². The highest BCUT2D eigenvalue weighted by atomic mass is 32.2. The van der Waals surface area contributed by atoms with Crippen molar-refractivity contribution in [1.29, 1.82) is 0 Å². The predicted octanol–water partition coefficient (Wildman–Crippen LogP) is 3.82. The molecule has 0 aliphatic carbocycles. The van der Waals surface area contributed by atoms with E-state index in [-0.39, 0.29) is 11.8 Å². The third-order valence-electron chi connectivity index (χ3n) is 5.34. The highest BCUT2D eigenvalue weighted by Gasteiger charge is 2.41. The predicted molar refractivity (Wildman–Crippen MR) is 98.2 cm³/mol. The summed E-state index contributed by atoms with van der Waals surface area (Å²) in [4.78, 5) is 2.32. The van der Waals surface area contributed by atoms with Crippen LogP contribution in [-0.2, 0) is 16.6 Å². The van der Waals surface area contributed by atoms with Crippen LogP contribution in [0.25, 0.3) is 0 Å². The van der Waals surface area contributed by atoms with Crippen molar-refractivity contribution in [2.24, 2.45) is 0 Å². The molecule has 0 radical (unpaired) electrons. The molecule has 1 unspecified atom stereocenters. The first-order chi connectivity index (χ1) is 11.5. The summed E-state index contributed by atoms with van der Waals surface area (Å²) < 4.78 is 27.1. The van der Waals surface area contributed by atoms with E-state index in [9.17, 15) is 8.42 Å². The highest BCUT2D eigenvalue weighted by molar-refractivity contribution is 7.89. The normalized spacial score (nSPS) is 23.2. The second-order valence-corrected chi connectivity index (χ2v) is 9.34. The lowest BCUT2D eigenvalue weighted by molar-refractivity contribution is 0.139. The molecular weight excluding hydrogens is 320 g/mol. The number of benzene rings is 1. The molecule has 134 valence electrons. The number of rotatable bonds is 7. The van der Waals surface area contributed by atoms with E-state index in [1.165, 1.54) is 42.4 Å². The van der Waals surface area contributed by atoms with Crippen LogP contribution in [0.5, 0.6) is 0 Å². The topological polar surface area (TPSA) is 40.6 Å². The quantitative estimate of drug-likeness (QED) is 0.702. The Balaban J connectivity index is 1.59. The fourth-order valence-corrected chi connectivity index (χ4v) is 5.64. The molecule has 0 N–H and O–H groups in total. The molecule has 1 atom stereocenters. The number of hydrogen-bond donors (Lipinski definition) is 0. The molecule has 2 aliphatic heterocycles. The molecule has 2 aliphatic rings. The third-order valence-corrected chi connectivity index (χ3v) is 7.16. The van der Waals surface area contributed by atoms with Crippen molar-refractivity contribution < 1.29 is 8.42 Å². The average Bonchev–Trinajstić information content (AvgIpc) is 2.86. The Morgan fingerprint density at radius 1 is 1.12 bits per heavy atom. The fraction of sp³-hybridized carbons (Fsp3) is 0.684. The molecule has 1 aromatic rings. The molecule has 0 bridgehead atoms. The Kier molecular flexibility index (Phi) is 5.63. The van der Waals surface area contributed by atoms with Crippen LogP contribution in [0.15, 0.2) is 18.2 Å². The summed E-state index contributed by atoms with van der Waals surface area (Å²) in [5.74, 6) is 0.235. The van der Waals surface area contributed by atoms with Gasteiger partial charge < -0.3 is 0 Å². The second kappa shape index (κ2) is 7.54.